The van der Waals surface area contributed by atoms with Crippen molar-refractivity contribution in [2.75, 3.05) is 17.1 Å². The molecule has 0 aliphatic heterocycles. The summed E-state index contributed by atoms with van der Waals surface area (Å²) in [5.74, 6) is -0.0907. The smallest absolute Gasteiger partial charge is 0.264 e. The predicted octanol–water partition coefficient (Wildman–Crippen LogP) is 5.08. The molecule has 2 aromatic rings. The Kier molecular flexibility index (Phi) is 7.83. The van der Waals surface area contributed by atoms with Crippen LogP contribution in [0.15, 0.2) is 58.3 Å². The van der Waals surface area contributed by atoms with Crippen LogP contribution in [0.25, 0.3) is 0 Å². The van der Waals surface area contributed by atoms with E-state index >= 15 is 0 Å². The van der Waals surface area contributed by atoms with Gasteiger partial charge in [-0.1, -0.05) is 25.7 Å². The summed E-state index contributed by atoms with van der Waals surface area (Å²) >= 11 is 1.57. The standard InChI is InChI=1S/C23H30N2O3S2/c1-3-25(30(27,28)22-16-14-21(29-2)15-17-22)20-12-10-18(11-13-20)23(26)24-19-8-6-4-5-7-9-19/h10-17,19H,3-9H2,1-2H3,(H,24,26). The number of nitrogens with zero attached hydrogens (tertiary/aromatic N) is 1. The highest BCUT2D eigenvalue weighted by atomic mass is 32.2. The molecule has 1 saturated carbocycles. The molecule has 1 amide bonds. The molecule has 0 aromatic heterocycles. The third-order valence-corrected chi connectivity index (χ3v) is 8.20. The van der Waals surface area contributed by atoms with Crippen LogP contribution in [0.5, 0.6) is 0 Å². The summed E-state index contributed by atoms with van der Waals surface area (Å²) in [5.41, 5.74) is 1.11. The lowest BCUT2D eigenvalue weighted by Gasteiger charge is -2.23. The van der Waals surface area contributed by atoms with Gasteiger partial charge in [0.05, 0.1) is 10.6 Å². The number of benzene rings is 2. The number of hydrogen-bond acceptors (Lipinski definition) is 4. The van der Waals surface area contributed by atoms with Gasteiger partial charge in [-0.2, -0.15) is 0 Å². The Bertz CT molecular complexity index is 933. The first kappa shape index (κ1) is 22.7. The van der Waals surface area contributed by atoms with Gasteiger partial charge in [-0.15, -0.1) is 11.8 Å². The molecule has 30 heavy (non-hydrogen) atoms. The maximum atomic E-state index is 13.1. The zero-order valence-electron chi connectivity index (χ0n) is 17.6. The SMILES string of the molecule is CCN(c1ccc(C(=O)NC2CCCCCC2)cc1)S(=O)(=O)c1ccc(SC)cc1. The van der Waals surface area contributed by atoms with Gasteiger partial charge in [-0.3, -0.25) is 9.10 Å². The van der Waals surface area contributed by atoms with Crippen molar-refractivity contribution in [3.63, 3.8) is 0 Å². The average molecular weight is 447 g/mol. The fourth-order valence-corrected chi connectivity index (χ4v) is 5.72. The maximum Gasteiger partial charge on any atom is 0.264 e. The molecule has 7 heteroatoms. The van der Waals surface area contributed by atoms with Crippen LogP contribution < -0.4 is 9.62 Å². The Morgan fingerprint density at radius 2 is 1.60 bits per heavy atom. The van der Waals surface area contributed by atoms with E-state index in [9.17, 15) is 13.2 Å². The van der Waals surface area contributed by atoms with Gasteiger partial charge in [0, 0.05) is 23.0 Å². The number of thioether (sulfide) groups is 1. The van der Waals surface area contributed by atoms with Gasteiger partial charge >= 0.3 is 0 Å². The third-order valence-electron chi connectivity index (χ3n) is 5.54. The van der Waals surface area contributed by atoms with Gasteiger partial charge in [0.1, 0.15) is 0 Å². The first-order chi connectivity index (χ1) is 14.5. The first-order valence-corrected chi connectivity index (χ1v) is 13.2. The lowest BCUT2D eigenvalue weighted by atomic mass is 10.1. The van der Waals surface area contributed by atoms with E-state index in [0.717, 1.165) is 30.6 Å². The fraction of sp³-hybridized carbons (Fsp3) is 0.435. The molecule has 1 N–H and O–H groups in total. The molecule has 0 radical (unpaired) electrons. The van der Waals surface area contributed by atoms with Gasteiger partial charge in [0.25, 0.3) is 15.9 Å². The fourth-order valence-electron chi connectivity index (χ4n) is 3.84. The second kappa shape index (κ2) is 10.4. The van der Waals surface area contributed by atoms with E-state index in [1.807, 2.05) is 18.4 Å². The van der Waals surface area contributed by atoms with Crippen LogP contribution in [0.4, 0.5) is 5.69 Å². The Balaban J connectivity index is 1.74. The van der Waals surface area contributed by atoms with Crippen LogP contribution in [-0.2, 0) is 10.0 Å². The largest absolute Gasteiger partial charge is 0.349 e. The summed E-state index contributed by atoms with van der Waals surface area (Å²) in [6.45, 7) is 2.11. The van der Waals surface area contributed by atoms with Crippen molar-refractivity contribution in [2.24, 2.45) is 0 Å². The highest BCUT2D eigenvalue weighted by Gasteiger charge is 2.24. The summed E-state index contributed by atoms with van der Waals surface area (Å²) in [6.07, 6.45) is 8.80. The molecule has 0 spiro atoms. The lowest BCUT2D eigenvalue weighted by molar-refractivity contribution is 0.0933. The molecule has 1 aliphatic rings. The molecular formula is C23H30N2O3S2. The van der Waals surface area contributed by atoms with Crippen LogP contribution in [0.3, 0.4) is 0 Å². The Labute approximate surface area is 184 Å². The van der Waals surface area contributed by atoms with Gasteiger partial charge in [0.15, 0.2) is 0 Å². The minimum absolute atomic E-state index is 0.0907. The van der Waals surface area contributed by atoms with E-state index in [1.54, 1.807) is 55.1 Å². The van der Waals surface area contributed by atoms with Gasteiger partial charge in [0.2, 0.25) is 0 Å². The lowest BCUT2D eigenvalue weighted by Crippen LogP contribution is -2.34. The van der Waals surface area contributed by atoms with Crippen molar-refractivity contribution in [3.05, 3.63) is 54.1 Å². The van der Waals surface area contributed by atoms with Gasteiger partial charge in [-0.25, -0.2) is 8.42 Å². The molecule has 0 unspecified atom stereocenters. The van der Waals surface area contributed by atoms with Crippen molar-refractivity contribution in [2.45, 2.75) is 61.3 Å². The number of rotatable bonds is 7. The van der Waals surface area contributed by atoms with Crippen molar-refractivity contribution < 1.29 is 13.2 Å². The summed E-state index contributed by atoms with van der Waals surface area (Å²) in [7, 11) is -3.67. The van der Waals surface area contributed by atoms with Crippen LogP contribution in [0.1, 0.15) is 55.8 Å². The monoisotopic (exact) mass is 446 g/mol. The zero-order chi connectivity index (χ0) is 21.6. The maximum absolute atomic E-state index is 13.1. The van der Waals surface area contributed by atoms with E-state index in [2.05, 4.69) is 5.32 Å². The normalized spacial score (nSPS) is 15.4. The van der Waals surface area contributed by atoms with Gasteiger partial charge in [-0.05, 0) is 74.6 Å². The number of carbonyl (C=O) groups excluding carboxylic acids is 1. The number of nitrogens with one attached hydrogen (secondary N) is 1. The van der Waals surface area contributed by atoms with Crippen molar-refractivity contribution >= 4 is 33.4 Å². The number of hydrogen-bond donors (Lipinski definition) is 1. The molecule has 1 aliphatic carbocycles. The molecule has 5 nitrogen and oxygen atoms in total. The molecule has 162 valence electrons. The molecule has 3 rings (SSSR count). The number of anilines is 1. The summed E-state index contributed by atoms with van der Waals surface area (Å²) in [4.78, 5) is 13.9. The molecule has 0 bridgehead atoms. The highest BCUT2D eigenvalue weighted by Crippen LogP contribution is 2.26. The quantitative estimate of drug-likeness (QED) is 0.476. The first-order valence-electron chi connectivity index (χ1n) is 10.5. The molecule has 0 heterocycles. The summed E-state index contributed by atoms with van der Waals surface area (Å²) in [6, 6.07) is 14.0. The minimum Gasteiger partial charge on any atom is -0.349 e. The molecule has 0 atom stereocenters. The Morgan fingerprint density at radius 3 is 2.13 bits per heavy atom. The summed E-state index contributed by atoms with van der Waals surface area (Å²) in [5, 5.41) is 3.13. The Morgan fingerprint density at radius 1 is 1.00 bits per heavy atom. The number of carbonyl (C=O) groups is 1. The third kappa shape index (κ3) is 5.38. The molecule has 0 saturated heterocycles. The van der Waals surface area contributed by atoms with E-state index in [4.69, 9.17) is 0 Å². The molecule has 1 fully saturated rings. The molecule has 2 aromatic carbocycles. The molecular weight excluding hydrogens is 416 g/mol. The van der Waals surface area contributed by atoms with Crippen LogP contribution >= 0.6 is 11.8 Å². The second-order valence-corrected chi connectivity index (χ2v) is 10.3. The van der Waals surface area contributed by atoms with E-state index < -0.39 is 10.0 Å². The van der Waals surface area contributed by atoms with Crippen LogP contribution in [0.2, 0.25) is 0 Å². The Hall–Kier alpha value is -1.99. The zero-order valence-corrected chi connectivity index (χ0v) is 19.3. The van der Waals surface area contributed by atoms with Crippen molar-refractivity contribution in [1.29, 1.82) is 0 Å². The van der Waals surface area contributed by atoms with Crippen molar-refractivity contribution in [3.8, 4) is 0 Å². The second-order valence-electron chi connectivity index (χ2n) is 7.55. The minimum atomic E-state index is -3.67. The number of sulfonamides is 1. The van der Waals surface area contributed by atoms with Crippen LogP contribution in [0, 0.1) is 0 Å². The van der Waals surface area contributed by atoms with Crippen LogP contribution in [-0.4, -0.2) is 33.2 Å². The van der Waals surface area contributed by atoms with E-state index in [1.165, 1.54) is 17.1 Å². The predicted molar refractivity (Wildman–Crippen MR) is 124 cm³/mol. The van der Waals surface area contributed by atoms with Gasteiger partial charge < -0.3 is 5.32 Å². The van der Waals surface area contributed by atoms with Crippen molar-refractivity contribution in [1.82, 2.24) is 5.32 Å². The highest BCUT2D eigenvalue weighted by molar-refractivity contribution is 7.98. The van der Waals surface area contributed by atoms with E-state index in [0.29, 0.717) is 17.8 Å². The number of amides is 1. The topological polar surface area (TPSA) is 66.5 Å². The van der Waals surface area contributed by atoms with E-state index in [-0.39, 0.29) is 16.8 Å². The average Bonchev–Trinajstić information content (AvgIpc) is 3.03. The summed E-state index contributed by atoms with van der Waals surface area (Å²) < 4.78 is 27.6.